The SMILES string of the molecule is CNC(C)c1cccc(C2(F)CCCCC2)c1. The van der Waals surface area contributed by atoms with Gasteiger partial charge in [0, 0.05) is 6.04 Å². The Morgan fingerprint density at radius 2 is 1.94 bits per heavy atom. The molecule has 0 saturated heterocycles. The molecule has 0 heterocycles. The van der Waals surface area contributed by atoms with Crippen molar-refractivity contribution in [3.63, 3.8) is 0 Å². The van der Waals surface area contributed by atoms with Gasteiger partial charge in [-0.15, -0.1) is 0 Å². The molecule has 1 N–H and O–H groups in total. The van der Waals surface area contributed by atoms with Gasteiger partial charge in [0.1, 0.15) is 5.67 Å². The van der Waals surface area contributed by atoms with Gasteiger partial charge >= 0.3 is 0 Å². The van der Waals surface area contributed by atoms with E-state index in [9.17, 15) is 4.39 Å². The van der Waals surface area contributed by atoms with Crippen LogP contribution in [0.1, 0.15) is 56.2 Å². The molecule has 0 aliphatic heterocycles. The van der Waals surface area contributed by atoms with Crippen molar-refractivity contribution in [3.05, 3.63) is 35.4 Å². The van der Waals surface area contributed by atoms with Crippen molar-refractivity contribution in [3.8, 4) is 0 Å². The molecule has 1 fully saturated rings. The van der Waals surface area contributed by atoms with Crippen LogP contribution in [0.25, 0.3) is 0 Å². The van der Waals surface area contributed by atoms with Crippen LogP contribution in [0.2, 0.25) is 0 Å². The Kier molecular flexibility index (Phi) is 3.82. The summed E-state index contributed by atoms with van der Waals surface area (Å²) in [5, 5.41) is 3.20. The van der Waals surface area contributed by atoms with Crippen molar-refractivity contribution in [2.45, 2.75) is 50.7 Å². The van der Waals surface area contributed by atoms with Crippen molar-refractivity contribution in [2.75, 3.05) is 7.05 Å². The fourth-order valence-electron chi connectivity index (χ4n) is 2.65. The van der Waals surface area contributed by atoms with Gasteiger partial charge < -0.3 is 5.32 Å². The van der Waals surface area contributed by atoms with Gasteiger partial charge in [-0.05, 0) is 50.8 Å². The van der Waals surface area contributed by atoms with Crippen LogP contribution in [0, 0.1) is 0 Å². The number of benzene rings is 1. The molecule has 1 unspecified atom stereocenters. The molecule has 0 amide bonds. The number of halogens is 1. The van der Waals surface area contributed by atoms with Gasteiger partial charge in [-0.2, -0.15) is 0 Å². The summed E-state index contributed by atoms with van der Waals surface area (Å²) in [6.45, 7) is 2.10. The number of hydrogen-bond acceptors (Lipinski definition) is 1. The minimum absolute atomic E-state index is 0.280. The molecule has 1 atom stereocenters. The average Bonchev–Trinajstić information content (AvgIpc) is 2.39. The van der Waals surface area contributed by atoms with Crippen molar-refractivity contribution < 1.29 is 4.39 Å². The minimum atomic E-state index is -1.08. The molecule has 2 rings (SSSR count). The average molecular weight is 235 g/mol. The highest BCUT2D eigenvalue weighted by Gasteiger charge is 2.33. The minimum Gasteiger partial charge on any atom is -0.313 e. The van der Waals surface area contributed by atoms with Crippen molar-refractivity contribution >= 4 is 0 Å². The molecule has 1 aromatic carbocycles. The molecule has 0 radical (unpaired) electrons. The number of rotatable bonds is 3. The van der Waals surface area contributed by atoms with Gasteiger partial charge in [0.2, 0.25) is 0 Å². The second kappa shape index (κ2) is 5.18. The van der Waals surface area contributed by atoms with Crippen LogP contribution >= 0.6 is 0 Å². The Balaban J connectivity index is 2.25. The van der Waals surface area contributed by atoms with Crippen LogP contribution in [0.4, 0.5) is 4.39 Å². The zero-order valence-electron chi connectivity index (χ0n) is 10.8. The largest absolute Gasteiger partial charge is 0.313 e. The lowest BCUT2D eigenvalue weighted by molar-refractivity contribution is 0.106. The number of nitrogens with one attached hydrogen (secondary N) is 1. The summed E-state index contributed by atoms with van der Waals surface area (Å²) in [5.74, 6) is 0. The molecule has 17 heavy (non-hydrogen) atoms. The van der Waals surface area contributed by atoms with E-state index in [2.05, 4.69) is 18.3 Å². The first kappa shape index (κ1) is 12.6. The predicted molar refractivity (Wildman–Crippen MR) is 69.8 cm³/mol. The maximum atomic E-state index is 14.8. The molecule has 2 heteroatoms. The molecule has 1 saturated carbocycles. The fourth-order valence-corrected chi connectivity index (χ4v) is 2.65. The molecule has 0 spiro atoms. The number of hydrogen-bond donors (Lipinski definition) is 1. The summed E-state index contributed by atoms with van der Waals surface area (Å²) in [6, 6.07) is 8.30. The Bertz CT molecular complexity index is 369. The van der Waals surface area contributed by atoms with Crippen LogP contribution in [0.5, 0.6) is 0 Å². The first-order valence-electron chi connectivity index (χ1n) is 6.62. The first-order valence-corrected chi connectivity index (χ1v) is 6.62. The zero-order chi connectivity index (χ0) is 12.3. The quantitative estimate of drug-likeness (QED) is 0.832. The lowest BCUT2D eigenvalue weighted by atomic mass is 9.80. The molecule has 1 aliphatic carbocycles. The second-order valence-electron chi connectivity index (χ2n) is 5.16. The Morgan fingerprint density at radius 1 is 1.24 bits per heavy atom. The Labute approximate surface area is 103 Å². The molecule has 1 aliphatic rings. The summed E-state index contributed by atoms with van der Waals surface area (Å²) < 4.78 is 14.8. The Morgan fingerprint density at radius 3 is 2.59 bits per heavy atom. The van der Waals surface area contributed by atoms with Crippen LogP contribution in [-0.2, 0) is 5.67 Å². The summed E-state index contributed by atoms with van der Waals surface area (Å²) in [7, 11) is 1.93. The van der Waals surface area contributed by atoms with E-state index < -0.39 is 5.67 Å². The smallest absolute Gasteiger partial charge is 0.136 e. The fraction of sp³-hybridized carbons (Fsp3) is 0.600. The van der Waals surface area contributed by atoms with E-state index in [-0.39, 0.29) is 6.04 Å². The van der Waals surface area contributed by atoms with E-state index in [0.717, 1.165) is 18.4 Å². The zero-order valence-corrected chi connectivity index (χ0v) is 10.8. The molecular formula is C15H22FN. The van der Waals surface area contributed by atoms with Gasteiger partial charge in [-0.1, -0.05) is 30.7 Å². The highest BCUT2D eigenvalue weighted by Crippen LogP contribution is 2.41. The van der Waals surface area contributed by atoms with E-state index in [1.807, 2.05) is 25.2 Å². The molecule has 1 aromatic rings. The van der Waals surface area contributed by atoms with Crippen LogP contribution in [0.3, 0.4) is 0 Å². The van der Waals surface area contributed by atoms with E-state index in [1.165, 1.54) is 12.0 Å². The van der Waals surface area contributed by atoms with Crippen molar-refractivity contribution in [1.82, 2.24) is 5.32 Å². The molecule has 0 aromatic heterocycles. The van der Waals surface area contributed by atoms with E-state index in [0.29, 0.717) is 12.8 Å². The Hall–Kier alpha value is -0.890. The second-order valence-corrected chi connectivity index (χ2v) is 5.16. The van der Waals surface area contributed by atoms with Crippen LogP contribution in [-0.4, -0.2) is 7.05 Å². The third kappa shape index (κ3) is 2.68. The van der Waals surface area contributed by atoms with Gasteiger partial charge in [-0.25, -0.2) is 4.39 Å². The molecular weight excluding hydrogens is 213 g/mol. The summed E-state index contributed by atoms with van der Waals surface area (Å²) in [4.78, 5) is 0. The number of alkyl halides is 1. The van der Waals surface area contributed by atoms with Gasteiger partial charge in [0.25, 0.3) is 0 Å². The third-order valence-corrected chi connectivity index (χ3v) is 3.98. The van der Waals surface area contributed by atoms with Crippen LogP contribution < -0.4 is 5.32 Å². The van der Waals surface area contributed by atoms with Gasteiger partial charge in [-0.3, -0.25) is 0 Å². The van der Waals surface area contributed by atoms with E-state index in [4.69, 9.17) is 0 Å². The van der Waals surface area contributed by atoms with Crippen molar-refractivity contribution in [1.29, 1.82) is 0 Å². The summed E-state index contributed by atoms with van der Waals surface area (Å²) in [5.41, 5.74) is 0.964. The predicted octanol–water partition coefficient (Wildman–Crippen LogP) is 4.10. The molecule has 0 bridgehead atoms. The normalized spacial score (nSPS) is 21.1. The van der Waals surface area contributed by atoms with E-state index in [1.54, 1.807) is 0 Å². The highest BCUT2D eigenvalue weighted by atomic mass is 19.1. The van der Waals surface area contributed by atoms with Crippen molar-refractivity contribution in [2.24, 2.45) is 0 Å². The van der Waals surface area contributed by atoms with Crippen LogP contribution in [0.15, 0.2) is 24.3 Å². The summed E-state index contributed by atoms with van der Waals surface area (Å²) >= 11 is 0. The highest BCUT2D eigenvalue weighted by molar-refractivity contribution is 5.30. The molecule has 94 valence electrons. The monoisotopic (exact) mass is 235 g/mol. The van der Waals surface area contributed by atoms with Gasteiger partial charge in [0.05, 0.1) is 0 Å². The van der Waals surface area contributed by atoms with E-state index >= 15 is 0 Å². The first-order chi connectivity index (χ1) is 8.15. The maximum absolute atomic E-state index is 14.8. The molecule has 1 nitrogen and oxygen atoms in total. The topological polar surface area (TPSA) is 12.0 Å². The van der Waals surface area contributed by atoms with Gasteiger partial charge in [0.15, 0.2) is 0 Å². The third-order valence-electron chi connectivity index (χ3n) is 3.98. The maximum Gasteiger partial charge on any atom is 0.136 e. The lowest BCUT2D eigenvalue weighted by Crippen LogP contribution is -2.24. The standard InChI is InChI=1S/C15H22FN/c1-12(17-2)13-7-6-8-14(11-13)15(16)9-4-3-5-10-15/h6-8,11-12,17H,3-5,9-10H2,1-2H3. The lowest BCUT2D eigenvalue weighted by Gasteiger charge is -2.30. The summed E-state index contributed by atoms with van der Waals surface area (Å²) in [6.07, 6.45) is 4.58.